The molecule has 5 heteroatoms. The van der Waals surface area contributed by atoms with Crippen molar-refractivity contribution < 1.29 is 0 Å². The van der Waals surface area contributed by atoms with Crippen LogP contribution in [0.2, 0.25) is 0 Å². The van der Waals surface area contributed by atoms with E-state index in [0.29, 0.717) is 6.54 Å². The summed E-state index contributed by atoms with van der Waals surface area (Å²) in [5.74, 6) is 1.62. The maximum absolute atomic E-state index is 4.30. The Morgan fingerprint density at radius 2 is 2.12 bits per heavy atom. The summed E-state index contributed by atoms with van der Waals surface area (Å²) < 4.78 is 1.79. The van der Waals surface area contributed by atoms with Crippen LogP contribution in [0, 0.1) is 13.8 Å². The van der Waals surface area contributed by atoms with Crippen molar-refractivity contribution in [1.29, 1.82) is 0 Å². The second kappa shape index (κ2) is 4.30. The highest BCUT2D eigenvalue weighted by molar-refractivity contribution is 5.36. The van der Waals surface area contributed by atoms with Gasteiger partial charge in [-0.3, -0.25) is 4.68 Å². The van der Waals surface area contributed by atoms with Crippen LogP contribution in [0.5, 0.6) is 0 Å². The lowest BCUT2D eigenvalue weighted by Gasteiger charge is -2.05. The molecule has 2 aromatic rings. The Morgan fingerprint density at radius 3 is 2.75 bits per heavy atom. The fourth-order valence-electron chi connectivity index (χ4n) is 1.55. The number of nitrogens with zero attached hydrogens (tertiary/aromatic N) is 4. The number of rotatable bonds is 3. The molecule has 1 N–H and O–H groups in total. The third-order valence-corrected chi connectivity index (χ3v) is 2.19. The Labute approximate surface area is 94.5 Å². The molecule has 2 rings (SSSR count). The lowest BCUT2D eigenvalue weighted by Crippen LogP contribution is -2.04. The normalized spacial score (nSPS) is 10.4. The summed E-state index contributed by atoms with van der Waals surface area (Å²) in [4.78, 5) is 8.52. The average molecular weight is 217 g/mol. The number of hydrogen-bond donors (Lipinski definition) is 1. The van der Waals surface area contributed by atoms with Crippen molar-refractivity contribution in [3.63, 3.8) is 0 Å². The summed E-state index contributed by atoms with van der Waals surface area (Å²) in [6, 6.07) is 3.91. The Kier molecular flexibility index (Phi) is 2.85. The first-order valence-electron chi connectivity index (χ1n) is 5.18. The molecule has 0 saturated heterocycles. The van der Waals surface area contributed by atoms with Crippen LogP contribution in [0.25, 0.3) is 0 Å². The van der Waals surface area contributed by atoms with Crippen LogP contribution in [-0.4, -0.2) is 19.7 Å². The molecule has 2 heterocycles. The van der Waals surface area contributed by atoms with Crippen molar-refractivity contribution in [2.45, 2.75) is 20.4 Å². The molecule has 0 saturated carbocycles. The molecule has 0 radical (unpaired) electrons. The molecule has 0 aliphatic rings. The van der Waals surface area contributed by atoms with E-state index in [4.69, 9.17) is 0 Å². The van der Waals surface area contributed by atoms with Gasteiger partial charge in [-0.1, -0.05) is 0 Å². The summed E-state index contributed by atoms with van der Waals surface area (Å²) in [7, 11) is 1.91. The molecule has 0 aliphatic carbocycles. The van der Waals surface area contributed by atoms with E-state index in [0.717, 1.165) is 23.0 Å². The van der Waals surface area contributed by atoms with E-state index >= 15 is 0 Å². The van der Waals surface area contributed by atoms with Gasteiger partial charge in [0.2, 0.25) is 0 Å². The lowest BCUT2D eigenvalue weighted by atomic mass is 10.4. The smallest absolute Gasteiger partial charge is 0.130 e. The van der Waals surface area contributed by atoms with Gasteiger partial charge in [-0.25, -0.2) is 9.97 Å². The van der Waals surface area contributed by atoms with Gasteiger partial charge in [0.25, 0.3) is 0 Å². The average Bonchev–Trinajstić information content (AvgIpc) is 2.60. The van der Waals surface area contributed by atoms with Gasteiger partial charge in [0, 0.05) is 25.0 Å². The van der Waals surface area contributed by atoms with E-state index in [-0.39, 0.29) is 0 Å². The molecule has 16 heavy (non-hydrogen) atoms. The van der Waals surface area contributed by atoms with Crippen LogP contribution in [0.4, 0.5) is 5.82 Å². The molecular formula is C11H15N5. The molecule has 0 atom stereocenters. The molecule has 0 bridgehead atoms. The molecule has 5 nitrogen and oxygen atoms in total. The van der Waals surface area contributed by atoms with Gasteiger partial charge in [-0.15, -0.1) is 0 Å². The summed E-state index contributed by atoms with van der Waals surface area (Å²) in [6.45, 7) is 4.52. The van der Waals surface area contributed by atoms with Crippen LogP contribution in [0.15, 0.2) is 18.3 Å². The highest BCUT2D eigenvalue weighted by atomic mass is 15.3. The zero-order valence-electron chi connectivity index (χ0n) is 9.73. The molecule has 0 aromatic carbocycles. The van der Waals surface area contributed by atoms with Crippen molar-refractivity contribution in [2.24, 2.45) is 7.05 Å². The molecule has 0 unspecified atom stereocenters. The lowest BCUT2D eigenvalue weighted by molar-refractivity contribution is 0.746. The van der Waals surface area contributed by atoms with Crippen molar-refractivity contribution in [2.75, 3.05) is 5.32 Å². The molecule has 2 aromatic heterocycles. The summed E-state index contributed by atoms with van der Waals surface area (Å²) in [6.07, 6.45) is 1.92. The third kappa shape index (κ3) is 2.56. The topological polar surface area (TPSA) is 55.6 Å². The minimum absolute atomic E-state index is 0.677. The zero-order valence-corrected chi connectivity index (χ0v) is 9.73. The fraction of sp³-hybridized carbons (Fsp3) is 0.364. The van der Waals surface area contributed by atoms with Gasteiger partial charge < -0.3 is 5.32 Å². The number of aromatic nitrogens is 4. The van der Waals surface area contributed by atoms with E-state index in [9.17, 15) is 0 Å². The third-order valence-electron chi connectivity index (χ3n) is 2.19. The van der Waals surface area contributed by atoms with Crippen molar-refractivity contribution in [3.8, 4) is 0 Å². The highest BCUT2D eigenvalue weighted by Crippen LogP contribution is 2.07. The molecule has 0 amide bonds. The van der Waals surface area contributed by atoms with E-state index in [1.807, 2.05) is 39.2 Å². The van der Waals surface area contributed by atoms with Crippen molar-refractivity contribution in [1.82, 2.24) is 19.7 Å². The highest BCUT2D eigenvalue weighted by Gasteiger charge is 2.00. The monoisotopic (exact) mass is 217 g/mol. The van der Waals surface area contributed by atoms with Crippen molar-refractivity contribution in [3.05, 3.63) is 35.5 Å². The first-order valence-corrected chi connectivity index (χ1v) is 5.18. The molecule has 0 fully saturated rings. The van der Waals surface area contributed by atoms with Gasteiger partial charge in [0.1, 0.15) is 11.6 Å². The Bertz CT molecular complexity index is 469. The minimum atomic E-state index is 0.677. The Balaban J connectivity index is 2.04. The Hall–Kier alpha value is -1.91. The number of hydrogen-bond acceptors (Lipinski definition) is 4. The minimum Gasteiger partial charge on any atom is -0.364 e. The van der Waals surface area contributed by atoms with Gasteiger partial charge >= 0.3 is 0 Å². The van der Waals surface area contributed by atoms with Gasteiger partial charge in [0.15, 0.2) is 0 Å². The SMILES string of the molecule is Cc1cc(NCc2ccn(C)n2)nc(C)n1. The second-order valence-corrected chi connectivity index (χ2v) is 3.78. The summed E-state index contributed by atoms with van der Waals surface area (Å²) in [5, 5.41) is 7.51. The predicted molar refractivity (Wildman–Crippen MR) is 62.0 cm³/mol. The largest absolute Gasteiger partial charge is 0.364 e. The van der Waals surface area contributed by atoms with E-state index in [1.54, 1.807) is 4.68 Å². The van der Waals surface area contributed by atoms with Gasteiger partial charge in [-0.2, -0.15) is 5.10 Å². The first-order chi connectivity index (χ1) is 7.63. The second-order valence-electron chi connectivity index (χ2n) is 3.78. The van der Waals surface area contributed by atoms with Crippen LogP contribution >= 0.6 is 0 Å². The molecule has 0 aliphatic heterocycles. The van der Waals surface area contributed by atoms with E-state index < -0.39 is 0 Å². The molecular weight excluding hydrogens is 202 g/mol. The molecule has 0 spiro atoms. The van der Waals surface area contributed by atoms with E-state index in [1.165, 1.54) is 0 Å². The maximum Gasteiger partial charge on any atom is 0.130 e. The number of anilines is 1. The van der Waals surface area contributed by atoms with Gasteiger partial charge in [-0.05, 0) is 19.9 Å². The summed E-state index contributed by atoms with van der Waals surface area (Å²) >= 11 is 0. The van der Waals surface area contributed by atoms with Gasteiger partial charge in [0.05, 0.1) is 12.2 Å². The van der Waals surface area contributed by atoms with Crippen molar-refractivity contribution >= 4 is 5.82 Å². The standard InChI is InChI=1S/C11H15N5/c1-8-6-11(14-9(2)13-8)12-7-10-4-5-16(3)15-10/h4-6H,7H2,1-3H3,(H,12,13,14). The Morgan fingerprint density at radius 1 is 1.31 bits per heavy atom. The fourth-order valence-corrected chi connectivity index (χ4v) is 1.55. The first kappa shape index (κ1) is 10.6. The maximum atomic E-state index is 4.30. The zero-order chi connectivity index (χ0) is 11.5. The van der Waals surface area contributed by atoms with Crippen LogP contribution < -0.4 is 5.32 Å². The van der Waals surface area contributed by atoms with Crippen LogP contribution in [0.1, 0.15) is 17.2 Å². The predicted octanol–water partition coefficient (Wildman–Crippen LogP) is 1.44. The molecule has 84 valence electrons. The van der Waals surface area contributed by atoms with Crippen LogP contribution in [-0.2, 0) is 13.6 Å². The quantitative estimate of drug-likeness (QED) is 0.845. The summed E-state index contributed by atoms with van der Waals surface area (Å²) in [5.41, 5.74) is 1.97. The number of aryl methyl sites for hydroxylation is 3. The number of nitrogens with one attached hydrogen (secondary N) is 1. The van der Waals surface area contributed by atoms with Crippen LogP contribution in [0.3, 0.4) is 0 Å². The van der Waals surface area contributed by atoms with E-state index in [2.05, 4.69) is 20.4 Å².